The van der Waals surface area contributed by atoms with Gasteiger partial charge in [-0.2, -0.15) is 0 Å². The SMILES string of the molecule is CCNC(=NCC(c1ccc(C)o1)N1CCOCC1)NCCc1ncc(C)s1. The van der Waals surface area contributed by atoms with Gasteiger partial charge in [0.15, 0.2) is 5.96 Å². The van der Waals surface area contributed by atoms with Crippen LogP contribution in [0, 0.1) is 13.8 Å². The molecule has 0 amide bonds. The van der Waals surface area contributed by atoms with Crippen molar-refractivity contribution in [2.75, 3.05) is 45.9 Å². The van der Waals surface area contributed by atoms with Crippen LogP contribution in [0.15, 0.2) is 27.7 Å². The van der Waals surface area contributed by atoms with Crippen LogP contribution in [0.2, 0.25) is 0 Å². The van der Waals surface area contributed by atoms with Crippen molar-refractivity contribution in [2.45, 2.75) is 33.2 Å². The Balaban J connectivity index is 1.63. The van der Waals surface area contributed by atoms with E-state index < -0.39 is 0 Å². The maximum absolute atomic E-state index is 5.93. The molecule has 2 aromatic rings. The number of nitrogens with one attached hydrogen (secondary N) is 2. The smallest absolute Gasteiger partial charge is 0.191 e. The van der Waals surface area contributed by atoms with Crippen molar-refractivity contribution >= 4 is 17.3 Å². The van der Waals surface area contributed by atoms with Crippen molar-refractivity contribution in [3.05, 3.63) is 39.7 Å². The van der Waals surface area contributed by atoms with Gasteiger partial charge in [-0.15, -0.1) is 11.3 Å². The van der Waals surface area contributed by atoms with Crippen LogP contribution in [0.5, 0.6) is 0 Å². The van der Waals surface area contributed by atoms with Crippen molar-refractivity contribution in [1.82, 2.24) is 20.5 Å². The highest BCUT2D eigenvalue weighted by Crippen LogP contribution is 2.24. The van der Waals surface area contributed by atoms with Gasteiger partial charge < -0.3 is 19.8 Å². The minimum absolute atomic E-state index is 0.120. The molecule has 1 aliphatic rings. The van der Waals surface area contributed by atoms with Gasteiger partial charge in [-0.25, -0.2) is 4.98 Å². The topological polar surface area (TPSA) is 74.9 Å². The lowest BCUT2D eigenvalue weighted by molar-refractivity contribution is 0.0135. The fourth-order valence-corrected chi connectivity index (χ4v) is 4.02. The molecule has 0 aromatic carbocycles. The maximum Gasteiger partial charge on any atom is 0.191 e. The van der Waals surface area contributed by atoms with Crippen molar-refractivity contribution in [2.24, 2.45) is 4.99 Å². The van der Waals surface area contributed by atoms with E-state index in [0.717, 1.165) is 68.3 Å². The third-order valence-corrected chi connectivity index (χ3v) is 5.62. The lowest BCUT2D eigenvalue weighted by Crippen LogP contribution is -2.42. The summed E-state index contributed by atoms with van der Waals surface area (Å²) in [6, 6.07) is 4.21. The molecule has 0 radical (unpaired) electrons. The monoisotopic (exact) mass is 405 g/mol. The van der Waals surface area contributed by atoms with Crippen LogP contribution < -0.4 is 10.6 Å². The molecule has 3 rings (SSSR count). The number of hydrogen-bond acceptors (Lipinski definition) is 6. The Morgan fingerprint density at radius 1 is 1.29 bits per heavy atom. The van der Waals surface area contributed by atoms with Gasteiger partial charge in [0.2, 0.25) is 0 Å². The normalized spacial score (nSPS) is 16.9. The lowest BCUT2D eigenvalue weighted by atomic mass is 10.1. The van der Waals surface area contributed by atoms with Gasteiger partial charge in [-0.05, 0) is 32.9 Å². The van der Waals surface area contributed by atoms with E-state index in [1.807, 2.05) is 19.2 Å². The van der Waals surface area contributed by atoms with Gasteiger partial charge >= 0.3 is 0 Å². The Morgan fingerprint density at radius 2 is 2.11 bits per heavy atom. The molecule has 1 unspecified atom stereocenters. The number of aliphatic imine (C=N–C) groups is 1. The van der Waals surface area contributed by atoms with E-state index in [0.29, 0.717) is 6.54 Å². The van der Waals surface area contributed by atoms with E-state index >= 15 is 0 Å². The van der Waals surface area contributed by atoms with Crippen molar-refractivity contribution in [3.63, 3.8) is 0 Å². The number of furan rings is 1. The van der Waals surface area contributed by atoms with E-state index in [2.05, 4.69) is 40.4 Å². The van der Waals surface area contributed by atoms with E-state index in [-0.39, 0.29) is 6.04 Å². The molecule has 0 bridgehead atoms. The first-order chi connectivity index (χ1) is 13.7. The number of morpholine rings is 1. The highest BCUT2D eigenvalue weighted by molar-refractivity contribution is 7.11. The highest BCUT2D eigenvalue weighted by atomic mass is 32.1. The minimum Gasteiger partial charge on any atom is -0.465 e. The van der Waals surface area contributed by atoms with Gasteiger partial charge in [-0.1, -0.05) is 0 Å². The molecule has 1 saturated heterocycles. The number of aromatic nitrogens is 1. The fraction of sp³-hybridized carbons (Fsp3) is 0.600. The summed E-state index contributed by atoms with van der Waals surface area (Å²) in [6.45, 7) is 11.7. The molecule has 0 aliphatic carbocycles. The average Bonchev–Trinajstić information content (AvgIpc) is 3.31. The predicted molar refractivity (Wildman–Crippen MR) is 113 cm³/mol. The number of guanidine groups is 1. The number of thiazole rings is 1. The molecule has 0 spiro atoms. The molecule has 154 valence electrons. The first kappa shape index (κ1) is 20.8. The lowest BCUT2D eigenvalue weighted by Gasteiger charge is -2.32. The molecular weight excluding hydrogens is 374 g/mol. The van der Waals surface area contributed by atoms with Crippen LogP contribution in [0.1, 0.15) is 34.4 Å². The third-order valence-electron chi connectivity index (χ3n) is 4.64. The molecule has 2 aromatic heterocycles. The van der Waals surface area contributed by atoms with Crippen LogP contribution in [0.25, 0.3) is 0 Å². The second-order valence-corrected chi connectivity index (χ2v) is 8.19. The van der Waals surface area contributed by atoms with E-state index in [1.165, 1.54) is 4.88 Å². The molecule has 1 fully saturated rings. The molecule has 8 heteroatoms. The summed E-state index contributed by atoms with van der Waals surface area (Å²) < 4.78 is 11.4. The van der Waals surface area contributed by atoms with Crippen LogP contribution in [0.4, 0.5) is 0 Å². The summed E-state index contributed by atoms with van der Waals surface area (Å²) in [4.78, 5) is 12.9. The third kappa shape index (κ3) is 6.05. The number of hydrogen-bond donors (Lipinski definition) is 2. The van der Waals surface area contributed by atoms with Crippen molar-refractivity contribution < 1.29 is 9.15 Å². The minimum atomic E-state index is 0.120. The predicted octanol–water partition coefficient (Wildman–Crippen LogP) is 2.52. The summed E-state index contributed by atoms with van der Waals surface area (Å²) in [7, 11) is 0. The van der Waals surface area contributed by atoms with E-state index in [9.17, 15) is 0 Å². The van der Waals surface area contributed by atoms with E-state index in [1.54, 1.807) is 11.3 Å². The number of ether oxygens (including phenoxy) is 1. The number of aryl methyl sites for hydroxylation is 2. The van der Waals surface area contributed by atoms with Gasteiger partial charge in [0.05, 0.1) is 30.8 Å². The van der Waals surface area contributed by atoms with Crippen LogP contribution >= 0.6 is 11.3 Å². The zero-order valence-electron chi connectivity index (χ0n) is 17.0. The first-order valence-corrected chi connectivity index (χ1v) is 10.8. The summed E-state index contributed by atoms with van der Waals surface area (Å²) in [5.41, 5.74) is 0. The molecular formula is C20H31N5O2S. The fourth-order valence-electron chi connectivity index (χ4n) is 3.23. The first-order valence-electron chi connectivity index (χ1n) is 9.97. The summed E-state index contributed by atoms with van der Waals surface area (Å²) >= 11 is 1.75. The Labute approximate surface area is 171 Å². The molecule has 28 heavy (non-hydrogen) atoms. The Hall–Kier alpha value is -1.90. The Kier molecular flexibility index (Phi) is 7.88. The standard InChI is InChI=1S/C20H31N5O2S/c1-4-21-20(22-8-7-19-23-13-16(3)28-19)24-14-17(18-6-5-15(2)27-18)25-9-11-26-12-10-25/h5-6,13,17H,4,7-12,14H2,1-3H3,(H2,21,22,24). The Bertz CT molecular complexity index is 751. The zero-order chi connectivity index (χ0) is 19.8. The highest BCUT2D eigenvalue weighted by Gasteiger charge is 2.25. The quantitative estimate of drug-likeness (QED) is 0.519. The van der Waals surface area contributed by atoms with Crippen LogP contribution in [0.3, 0.4) is 0 Å². The molecule has 1 atom stereocenters. The van der Waals surface area contributed by atoms with Crippen LogP contribution in [-0.2, 0) is 11.2 Å². The van der Waals surface area contributed by atoms with Gasteiger partial charge in [0.25, 0.3) is 0 Å². The second-order valence-electron chi connectivity index (χ2n) is 6.87. The van der Waals surface area contributed by atoms with Gasteiger partial charge in [0, 0.05) is 43.7 Å². The summed E-state index contributed by atoms with van der Waals surface area (Å²) in [5.74, 6) is 2.73. The van der Waals surface area contributed by atoms with Gasteiger partial charge in [0.1, 0.15) is 11.5 Å². The second kappa shape index (κ2) is 10.6. The summed E-state index contributed by atoms with van der Waals surface area (Å²) in [6.07, 6.45) is 2.82. The largest absolute Gasteiger partial charge is 0.465 e. The maximum atomic E-state index is 5.93. The summed E-state index contributed by atoms with van der Waals surface area (Å²) in [5, 5.41) is 7.91. The number of nitrogens with zero attached hydrogens (tertiary/aromatic N) is 3. The molecule has 3 heterocycles. The van der Waals surface area contributed by atoms with Crippen molar-refractivity contribution in [3.8, 4) is 0 Å². The molecule has 1 aliphatic heterocycles. The van der Waals surface area contributed by atoms with Crippen molar-refractivity contribution in [1.29, 1.82) is 0 Å². The van der Waals surface area contributed by atoms with Crippen LogP contribution in [-0.4, -0.2) is 61.8 Å². The van der Waals surface area contributed by atoms with Gasteiger partial charge in [-0.3, -0.25) is 9.89 Å². The Morgan fingerprint density at radius 3 is 2.75 bits per heavy atom. The molecule has 0 saturated carbocycles. The zero-order valence-corrected chi connectivity index (χ0v) is 17.8. The van der Waals surface area contributed by atoms with E-state index in [4.69, 9.17) is 14.1 Å². The number of rotatable bonds is 8. The molecule has 2 N–H and O–H groups in total. The average molecular weight is 406 g/mol. The molecule has 7 nitrogen and oxygen atoms in total.